The molecule has 0 heterocycles. The molecule has 92 valence electrons. The van der Waals surface area contributed by atoms with Crippen LogP contribution in [0, 0.1) is 5.92 Å². The van der Waals surface area contributed by atoms with Crippen molar-refractivity contribution >= 4 is 11.9 Å². The largest absolute Gasteiger partial charge is 0.480 e. The number of carbonyl (C=O) groups excluding carboxylic acids is 1. The number of rotatable bonds is 6. The number of carboxylic acid groups (broad SMARTS) is 1. The van der Waals surface area contributed by atoms with Crippen molar-refractivity contribution in [3.63, 3.8) is 0 Å². The monoisotopic (exact) mass is 228 g/mol. The molecule has 1 aliphatic carbocycles. The molecule has 0 aliphatic heterocycles. The van der Waals surface area contributed by atoms with Crippen LogP contribution >= 0.6 is 0 Å². The highest BCUT2D eigenvalue weighted by molar-refractivity contribution is 5.90. The number of carbonyl (C=O) groups is 2. The van der Waals surface area contributed by atoms with Crippen molar-refractivity contribution in [3.8, 4) is 0 Å². The lowest BCUT2D eigenvalue weighted by atomic mass is 9.95. The summed E-state index contributed by atoms with van der Waals surface area (Å²) < 4.78 is 0. The summed E-state index contributed by atoms with van der Waals surface area (Å²) in [5.74, 6) is -1.15. The molecule has 1 rings (SSSR count). The highest BCUT2D eigenvalue weighted by Gasteiger charge is 2.44. The van der Waals surface area contributed by atoms with Crippen molar-refractivity contribution in [2.75, 3.05) is 0 Å². The normalized spacial score (nSPS) is 20.9. The minimum atomic E-state index is -0.998. The Morgan fingerprint density at radius 2 is 2.12 bits per heavy atom. The summed E-state index contributed by atoms with van der Waals surface area (Å²) >= 11 is 0. The van der Waals surface area contributed by atoms with Crippen LogP contribution in [-0.4, -0.2) is 28.6 Å². The molecule has 1 amide bonds. The van der Waals surface area contributed by atoms with Gasteiger partial charge in [0, 0.05) is 0 Å². The molecule has 0 saturated heterocycles. The van der Waals surface area contributed by atoms with Gasteiger partial charge in [-0.1, -0.05) is 13.3 Å². The maximum Gasteiger partial charge on any atom is 0.326 e. The summed E-state index contributed by atoms with van der Waals surface area (Å²) in [7, 11) is 0. The minimum absolute atomic E-state index is 0.198. The maximum absolute atomic E-state index is 11.8. The first kappa shape index (κ1) is 13.0. The molecule has 0 spiro atoms. The molecule has 0 bridgehead atoms. The topological polar surface area (TPSA) is 92.4 Å². The fraction of sp³-hybridized carbons (Fsp3) is 0.818. The number of amides is 1. The molecule has 1 unspecified atom stereocenters. The third-order valence-electron chi connectivity index (χ3n) is 3.10. The van der Waals surface area contributed by atoms with Crippen LogP contribution < -0.4 is 11.1 Å². The van der Waals surface area contributed by atoms with E-state index >= 15 is 0 Å². The van der Waals surface area contributed by atoms with E-state index in [0.717, 1.165) is 12.8 Å². The van der Waals surface area contributed by atoms with Gasteiger partial charge in [0.1, 0.15) is 6.04 Å². The van der Waals surface area contributed by atoms with Gasteiger partial charge in [-0.3, -0.25) is 4.79 Å². The van der Waals surface area contributed by atoms with Gasteiger partial charge in [0.25, 0.3) is 0 Å². The smallest absolute Gasteiger partial charge is 0.326 e. The Bertz CT molecular complexity index is 285. The highest BCUT2D eigenvalue weighted by atomic mass is 16.4. The summed E-state index contributed by atoms with van der Waals surface area (Å²) in [6.07, 6.45) is 3.04. The zero-order valence-electron chi connectivity index (χ0n) is 9.82. The predicted octanol–water partition coefficient (Wildman–Crippen LogP) is 0.483. The van der Waals surface area contributed by atoms with E-state index in [2.05, 4.69) is 5.32 Å². The lowest BCUT2D eigenvalue weighted by molar-refractivity contribution is -0.143. The average Bonchev–Trinajstić information content (AvgIpc) is 2.99. The Hall–Kier alpha value is -1.10. The van der Waals surface area contributed by atoms with Crippen LogP contribution in [0.5, 0.6) is 0 Å². The van der Waals surface area contributed by atoms with Crippen molar-refractivity contribution < 1.29 is 14.7 Å². The fourth-order valence-corrected chi connectivity index (χ4v) is 1.73. The number of nitrogens with one attached hydrogen (secondary N) is 1. The van der Waals surface area contributed by atoms with E-state index in [-0.39, 0.29) is 11.8 Å². The number of hydrogen-bond acceptors (Lipinski definition) is 3. The van der Waals surface area contributed by atoms with Gasteiger partial charge in [0.05, 0.1) is 5.54 Å². The van der Waals surface area contributed by atoms with Crippen LogP contribution in [-0.2, 0) is 9.59 Å². The molecule has 16 heavy (non-hydrogen) atoms. The van der Waals surface area contributed by atoms with Crippen LogP contribution in [0.3, 0.4) is 0 Å². The summed E-state index contributed by atoms with van der Waals surface area (Å²) in [6.45, 7) is 3.55. The molecule has 1 saturated carbocycles. The first-order valence-corrected chi connectivity index (χ1v) is 5.72. The Balaban J connectivity index is 2.56. The Morgan fingerprint density at radius 3 is 2.50 bits per heavy atom. The highest BCUT2D eigenvalue weighted by Crippen LogP contribution is 2.38. The van der Waals surface area contributed by atoms with E-state index < -0.39 is 17.6 Å². The maximum atomic E-state index is 11.8. The second kappa shape index (κ2) is 4.82. The first-order valence-electron chi connectivity index (χ1n) is 5.72. The van der Waals surface area contributed by atoms with Crippen LogP contribution in [0.1, 0.15) is 39.5 Å². The molecule has 5 heteroatoms. The van der Waals surface area contributed by atoms with Crippen molar-refractivity contribution in [2.24, 2.45) is 11.7 Å². The molecule has 0 aromatic carbocycles. The zero-order valence-corrected chi connectivity index (χ0v) is 9.82. The summed E-state index contributed by atoms with van der Waals surface area (Å²) in [4.78, 5) is 22.7. The van der Waals surface area contributed by atoms with Gasteiger partial charge in [0.15, 0.2) is 0 Å². The van der Waals surface area contributed by atoms with Gasteiger partial charge < -0.3 is 16.2 Å². The summed E-state index contributed by atoms with van der Waals surface area (Å²) in [5, 5.41) is 11.4. The van der Waals surface area contributed by atoms with Gasteiger partial charge in [-0.05, 0) is 32.1 Å². The van der Waals surface area contributed by atoms with E-state index in [4.69, 9.17) is 10.8 Å². The summed E-state index contributed by atoms with van der Waals surface area (Å²) in [5.41, 5.74) is 4.98. The van der Waals surface area contributed by atoms with Crippen LogP contribution in [0.25, 0.3) is 0 Å². The van der Waals surface area contributed by atoms with E-state index in [1.165, 1.54) is 0 Å². The molecular weight excluding hydrogens is 208 g/mol. The third kappa shape index (κ3) is 2.95. The molecule has 0 radical (unpaired) electrons. The van der Waals surface area contributed by atoms with Gasteiger partial charge >= 0.3 is 5.97 Å². The lowest BCUT2D eigenvalue weighted by Crippen LogP contribution is -2.57. The number of nitrogens with two attached hydrogens (primary N) is 1. The molecule has 1 aliphatic rings. The van der Waals surface area contributed by atoms with Gasteiger partial charge in [0.2, 0.25) is 5.91 Å². The predicted molar refractivity (Wildman–Crippen MR) is 59.8 cm³/mol. The van der Waals surface area contributed by atoms with Gasteiger partial charge in [-0.2, -0.15) is 0 Å². The SMILES string of the molecule is CCC[C@H](NC(=O)C(C)(N)C1CC1)C(=O)O. The van der Waals surface area contributed by atoms with Crippen molar-refractivity contribution in [2.45, 2.75) is 51.1 Å². The quantitative estimate of drug-likeness (QED) is 0.616. The van der Waals surface area contributed by atoms with E-state index in [0.29, 0.717) is 12.8 Å². The van der Waals surface area contributed by atoms with Gasteiger partial charge in [-0.15, -0.1) is 0 Å². The van der Waals surface area contributed by atoms with Crippen molar-refractivity contribution in [1.82, 2.24) is 5.32 Å². The van der Waals surface area contributed by atoms with Crippen LogP contribution in [0.2, 0.25) is 0 Å². The molecule has 2 atom stereocenters. The minimum Gasteiger partial charge on any atom is -0.480 e. The number of aliphatic carboxylic acids is 1. The molecular formula is C11H20N2O3. The lowest BCUT2D eigenvalue weighted by Gasteiger charge is -2.25. The molecule has 4 N–H and O–H groups in total. The number of hydrogen-bond donors (Lipinski definition) is 3. The van der Waals surface area contributed by atoms with E-state index in [9.17, 15) is 9.59 Å². The Morgan fingerprint density at radius 1 is 1.56 bits per heavy atom. The van der Waals surface area contributed by atoms with Crippen LogP contribution in [0.4, 0.5) is 0 Å². The second-order valence-corrected chi connectivity index (χ2v) is 4.71. The standard InChI is InChI=1S/C11H20N2O3/c1-3-4-8(9(14)15)13-10(16)11(2,12)7-5-6-7/h7-8H,3-6,12H2,1-2H3,(H,13,16)(H,14,15)/t8-,11?/m0/s1. The van der Waals surface area contributed by atoms with Gasteiger partial charge in [-0.25, -0.2) is 4.79 Å². The van der Waals surface area contributed by atoms with E-state index in [1.807, 2.05) is 6.92 Å². The second-order valence-electron chi connectivity index (χ2n) is 4.71. The molecule has 0 aromatic rings. The Labute approximate surface area is 95.4 Å². The number of carboxylic acids is 1. The van der Waals surface area contributed by atoms with Crippen molar-refractivity contribution in [1.29, 1.82) is 0 Å². The van der Waals surface area contributed by atoms with E-state index in [1.54, 1.807) is 6.92 Å². The third-order valence-corrected chi connectivity index (χ3v) is 3.10. The average molecular weight is 228 g/mol. The zero-order chi connectivity index (χ0) is 12.3. The molecule has 1 fully saturated rings. The molecule has 5 nitrogen and oxygen atoms in total. The molecule has 0 aromatic heterocycles. The van der Waals surface area contributed by atoms with Crippen LogP contribution in [0.15, 0.2) is 0 Å². The fourth-order valence-electron chi connectivity index (χ4n) is 1.73. The Kier molecular flexibility index (Phi) is 3.91. The first-order chi connectivity index (χ1) is 7.39. The van der Waals surface area contributed by atoms with Crippen molar-refractivity contribution in [3.05, 3.63) is 0 Å². The summed E-state index contributed by atoms with van der Waals surface area (Å²) in [6, 6.07) is -0.820.